The van der Waals surface area contributed by atoms with E-state index >= 15 is 0 Å². The van der Waals surface area contributed by atoms with Crippen molar-refractivity contribution in [2.75, 3.05) is 20.8 Å². The number of benzene rings is 2. The second-order valence-electron chi connectivity index (χ2n) is 8.47. The molecule has 34 heavy (non-hydrogen) atoms. The lowest BCUT2D eigenvalue weighted by Crippen LogP contribution is -2.51. The molecule has 0 bridgehead atoms. The van der Waals surface area contributed by atoms with E-state index < -0.39 is 6.04 Å². The van der Waals surface area contributed by atoms with Crippen molar-refractivity contribution in [3.05, 3.63) is 53.1 Å². The number of amides is 2. The standard InChI is InChI=1S/C26H33ClN2O5/c1-18(26(31)28-20-10-5-4-6-11-20)29(16-19-9-7-8-12-24(19)27)25(30)17-34-23-14-21(32-2)13-22(15-23)33-3/h7-9,12-15,18,20H,4-6,10-11,16-17H2,1-3H3,(H,28,31). The zero-order valence-corrected chi connectivity index (χ0v) is 20.8. The highest BCUT2D eigenvalue weighted by Crippen LogP contribution is 2.27. The molecule has 7 nitrogen and oxygen atoms in total. The molecule has 1 aliphatic rings. The maximum atomic E-state index is 13.3. The summed E-state index contributed by atoms with van der Waals surface area (Å²) in [6.45, 7) is 1.69. The van der Waals surface area contributed by atoms with Gasteiger partial charge in [-0.25, -0.2) is 0 Å². The molecule has 2 amide bonds. The highest BCUT2D eigenvalue weighted by atomic mass is 35.5. The minimum Gasteiger partial charge on any atom is -0.496 e. The van der Waals surface area contributed by atoms with Crippen LogP contribution < -0.4 is 19.5 Å². The second-order valence-corrected chi connectivity index (χ2v) is 8.88. The van der Waals surface area contributed by atoms with Crippen molar-refractivity contribution in [1.82, 2.24) is 10.2 Å². The van der Waals surface area contributed by atoms with Gasteiger partial charge in [-0.2, -0.15) is 0 Å². The fourth-order valence-electron chi connectivity index (χ4n) is 4.05. The van der Waals surface area contributed by atoms with Crippen LogP contribution in [0.25, 0.3) is 0 Å². The Labute approximate surface area is 206 Å². The number of methoxy groups -OCH3 is 2. The van der Waals surface area contributed by atoms with E-state index in [0.29, 0.717) is 22.3 Å². The van der Waals surface area contributed by atoms with Gasteiger partial charge in [0, 0.05) is 35.8 Å². The van der Waals surface area contributed by atoms with Crippen molar-refractivity contribution < 1.29 is 23.8 Å². The Kier molecular flexibility index (Phi) is 9.45. The maximum Gasteiger partial charge on any atom is 0.261 e. The van der Waals surface area contributed by atoms with Gasteiger partial charge >= 0.3 is 0 Å². The summed E-state index contributed by atoms with van der Waals surface area (Å²) in [5.41, 5.74) is 0.762. The average Bonchev–Trinajstić information content (AvgIpc) is 2.86. The summed E-state index contributed by atoms with van der Waals surface area (Å²) < 4.78 is 16.3. The Bertz CT molecular complexity index is 955. The Balaban J connectivity index is 1.74. The first kappa shape index (κ1) is 25.7. The molecule has 0 saturated heterocycles. The molecule has 0 aromatic heterocycles. The van der Waals surface area contributed by atoms with Gasteiger partial charge in [0.1, 0.15) is 23.3 Å². The first-order valence-electron chi connectivity index (χ1n) is 11.6. The number of ether oxygens (including phenoxy) is 3. The lowest BCUT2D eigenvalue weighted by Gasteiger charge is -2.31. The highest BCUT2D eigenvalue weighted by molar-refractivity contribution is 6.31. The van der Waals surface area contributed by atoms with Gasteiger partial charge in [0.05, 0.1) is 14.2 Å². The molecular formula is C26H33ClN2O5. The number of nitrogens with zero attached hydrogens (tertiary/aromatic N) is 1. The van der Waals surface area contributed by atoms with Gasteiger partial charge in [-0.1, -0.05) is 49.1 Å². The fraction of sp³-hybridized carbons (Fsp3) is 0.462. The Morgan fingerprint density at radius 3 is 2.26 bits per heavy atom. The number of hydrogen-bond donors (Lipinski definition) is 1. The zero-order valence-electron chi connectivity index (χ0n) is 20.0. The van der Waals surface area contributed by atoms with Crippen LogP contribution in [-0.4, -0.2) is 49.6 Å². The van der Waals surface area contributed by atoms with Crippen LogP contribution in [0.5, 0.6) is 17.2 Å². The van der Waals surface area contributed by atoms with Crippen molar-refractivity contribution in [3.63, 3.8) is 0 Å². The quantitative estimate of drug-likeness (QED) is 0.528. The van der Waals surface area contributed by atoms with Crippen molar-refractivity contribution in [3.8, 4) is 17.2 Å². The van der Waals surface area contributed by atoms with Crippen LogP contribution in [0.3, 0.4) is 0 Å². The first-order chi connectivity index (χ1) is 16.4. The van der Waals surface area contributed by atoms with Crippen LogP contribution in [0.1, 0.15) is 44.6 Å². The SMILES string of the molecule is COc1cc(OC)cc(OCC(=O)N(Cc2ccccc2Cl)C(C)C(=O)NC2CCCCC2)c1. The van der Waals surface area contributed by atoms with E-state index in [1.165, 1.54) is 11.3 Å². The second kappa shape index (κ2) is 12.5. The molecule has 1 aliphatic carbocycles. The normalized spacial score (nSPS) is 14.7. The molecule has 0 heterocycles. The summed E-state index contributed by atoms with van der Waals surface area (Å²) in [6, 6.07) is 11.8. The van der Waals surface area contributed by atoms with Gasteiger partial charge in [-0.3, -0.25) is 9.59 Å². The van der Waals surface area contributed by atoms with Crippen LogP contribution in [0, 0.1) is 0 Å². The fourth-order valence-corrected chi connectivity index (χ4v) is 4.25. The smallest absolute Gasteiger partial charge is 0.261 e. The highest BCUT2D eigenvalue weighted by Gasteiger charge is 2.29. The molecule has 184 valence electrons. The lowest BCUT2D eigenvalue weighted by atomic mass is 9.95. The molecule has 1 atom stereocenters. The predicted octanol–water partition coefficient (Wildman–Crippen LogP) is 4.60. The zero-order chi connectivity index (χ0) is 24.5. The van der Waals surface area contributed by atoms with Crippen LogP contribution in [-0.2, 0) is 16.1 Å². The van der Waals surface area contributed by atoms with E-state index in [1.54, 1.807) is 45.4 Å². The Morgan fingerprint density at radius 1 is 1.03 bits per heavy atom. The largest absolute Gasteiger partial charge is 0.496 e. The summed E-state index contributed by atoms with van der Waals surface area (Å²) >= 11 is 6.36. The monoisotopic (exact) mass is 488 g/mol. The predicted molar refractivity (Wildman–Crippen MR) is 132 cm³/mol. The molecule has 2 aromatic rings. The van der Waals surface area contributed by atoms with E-state index in [2.05, 4.69) is 5.32 Å². The molecule has 2 aromatic carbocycles. The minimum absolute atomic E-state index is 0.154. The van der Waals surface area contributed by atoms with Gasteiger partial charge in [0.25, 0.3) is 5.91 Å². The molecule has 0 spiro atoms. The summed E-state index contributed by atoms with van der Waals surface area (Å²) in [4.78, 5) is 27.9. The number of carbonyl (C=O) groups excluding carboxylic acids is 2. The van der Waals surface area contributed by atoms with Gasteiger partial charge < -0.3 is 24.4 Å². The topological polar surface area (TPSA) is 77.1 Å². The van der Waals surface area contributed by atoms with E-state index in [9.17, 15) is 9.59 Å². The van der Waals surface area contributed by atoms with Gasteiger partial charge in [-0.05, 0) is 31.4 Å². The number of carbonyl (C=O) groups is 2. The summed E-state index contributed by atoms with van der Waals surface area (Å²) in [5.74, 6) is 1.04. The number of nitrogens with one attached hydrogen (secondary N) is 1. The molecule has 1 saturated carbocycles. The third-order valence-corrected chi connectivity index (χ3v) is 6.47. The van der Waals surface area contributed by atoms with E-state index in [4.69, 9.17) is 25.8 Å². The molecule has 1 N–H and O–H groups in total. The van der Waals surface area contributed by atoms with Crippen molar-refractivity contribution in [1.29, 1.82) is 0 Å². The first-order valence-corrected chi connectivity index (χ1v) is 12.0. The molecule has 8 heteroatoms. The summed E-state index contributed by atoms with van der Waals surface area (Å²) in [6.07, 6.45) is 5.36. The van der Waals surface area contributed by atoms with Crippen molar-refractivity contribution in [2.24, 2.45) is 0 Å². The minimum atomic E-state index is -0.686. The third-order valence-electron chi connectivity index (χ3n) is 6.10. The van der Waals surface area contributed by atoms with Crippen molar-refractivity contribution >= 4 is 23.4 Å². The van der Waals surface area contributed by atoms with Crippen LogP contribution in [0.15, 0.2) is 42.5 Å². The molecular weight excluding hydrogens is 456 g/mol. The number of hydrogen-bond acceptors (Lipinski definition) is 5. The Hall–Kier alpha value is -2.93. The van der Waals surface area contributed by atoms with Crippen LogP contribution in [0.2, 0.25) is 5.02 Å². The molecule has 3 rings (SSSR count). The van der Waals surface area contributed by atoms with E-state index in [-0.39, 0.29) is 31.0 Å². The van der Waals surface area contributed by atoms with Crippen LogP contribution in [0.4, 0.5) is 0 Å². The van der Waals surface area contributed by atoms with Crippen LogP contribution >= 0.6 is 11.6 Å². The summed E-state index contributed by atoms with van der Waals surface area (Å²) in [5, 5.41) is 3.66. The molecule has 1 fully saturated rings. The number of halogens is 1. The number of rotatable bonds is 10. The maximum absolute atomic E-state index is 13.3. The molecule has 1 unspecified atom stereocenters. The van der Waals surface area contributed by atoms with Gasteiger partial charge in [0.2, 0.25) is 5.91 Å². The third kappa shape index (κ3) is 7.03. The van der Waals surface area contributed by atoms with Gasteiger partial charge in [-0.15, -0.1) is 0 Å². The van der Waals surface area contributed by atoms with Gasteiger partial charge in [0.15, 0.2) is 6.61 Å². The molecule has 0 radical (unpaired) electrons. The lowest BCUT2D eigenvalue weighted by molar-refractivity contribution is -0.142. The van der Waals surface area contributed by atoms with Crippen molar-refractivity contribution in [2.45, 2.75) is 57.7 Å². The Morgan fingerprint density at radius 2 is 1.65 bits per heavy atom. The van der Waals surface area contributed by atoms with E-state index in [1.807, 2.05) is 18.2 Å². The average molecular weight is 489 g/mol. The van der Waals surface area contributed by atoms with E-state index in [0.717, 1.165) is 31.2 Å². The summed E-state index contributed by atoms with van der Waals surface area (Å²) in [7, 11) is 3.09. The molecule has 0 aliphatic heterocycles.